The Morgan fingerprint density at radius 1 is 1.15 bits per heavy atom. The third-order valence-electron chi connectivity index (χ3n) is 10.3. The summed E-state index contributed by atoms with van der Waals surface area (Å²) in [5, 5.41) is 45.3. The number of benzene rings is 2. The molecule has 280 valence electrons. The number of fused-ring (bicyclic) bond motifs is 6. The molecule has 0 unspecified atom stereocenters. The summed E-state index contributed by atoms with van der Waals surface area (Å²) < 4.78 is 42.1. The lowest BCUT2D eigenvalue weighted by atomic mass is 9.79. The van der Waals surface area contributed by atoms with Crippen LogP contribution in [-0.2, 0) is 25.6 Å². The monoisotopic (exact) mass is 734 g/mol. The van der Waals surface area contributed by atoms with Crippen LogP contribution in [0.15, 0.2) is 65.1 Å². The van der Waals surface area contributed by atoms with Crippen LogP contribution in [-0.4, -0.2) is 113 Å². The second-order valence-corrected chi connectivity index (χ2v) is 13.4. The van der Waals surface area contributed by atoms with Crippen molar-refractivity contribution in [1.82, 2.24) is 10.2 Å². The average molecular weight is 735 g/mol. The Labute approximate surface area is 302 Å². The maximum atomic E-state index is 12.5. The number of rotatable bonds is 9. The molecule has 2 aromatic rings. The van der Waals surface area contributed by atoms with E-state index in [1.807, 2.05) is 24.4 Å². The minimum atomic E-state index is -2.06. The van der Waals surface area contributed by atoms with Crippen LogP contribution in [0.5, 0.6) is 28.7 Å². The number of nitrogens with zero attached hydrogens (tertiary/aromatic N) is 2. The van der Waals surface area contributed by atoms with E-state index in [0.717, 1.165) is 28.0 Å². The number of aliphatic carboxylic acids is 1. The number of aliphatic hydroxyl groups is 3. The van der Waals surface area contributed by atoms with Crippen LogP contribution < -0.4 is 34.7 Å². The number of carbonyl (C=O) groups excluding carboxylic acids is 1. The van der Waals surface area contributed by atoms with E-state index >= 15 is 0 Å². The number of methoxy groups -OCH3 is 2. The molecule has 0 saturated carbocycles. The number of esters is 1. The first-order chi connectivity index (χ1) is 25.5. The summed E-state index contributed by atoms with van der Waals surface area (Å²) in [6, 6.07) is 7.15. The molecular weight excluding hydrogens is 696 g/mol. The fraction of sp³-hybridized carbons (Fsp3) is 0.417. The van der Waals surface area contributed by atoms with Crippen LogP contribution in [0.4, 0.5) is 0 Å². The van der Waals surface area contributed by atoms with Crippen molar-refractivity contribution in [2.45, 2.75) is 67.5 Å². The molecule has 0 amide bonds. The zero-order valence-electron chi connectivity index (χ0n) is 28.6. The lowest BCUT2D eigenvalue weighted by Crippen LogP contribution is -2.74. The van der Waals surface area contributed by atoms with Gasteiger partial charge in [-0.05, 0) is 36.0 Å². The van der Waals surface area contributed by atoms with Gasteiger partial charge in [-0.3, -0.25) is 14.6 Å². The van der Waals surface area contributed by atoms with Gasteiger partial charge in [0, 0.05) is 48.3 Å². The Hall–Kier alpha value is -5.33. The lowest BCUT2D eigenvalue weighted by molar-refractivity contribution is -0.321. The number of aliphatic imine (C=N–C) groups is 1. The number of carboxylic acids is 1. The molecule has 17 nitrogen and oxygen atoms in total. The zero-order valence-corrected chi connectivity index (χ0v) is 28.6. The summed E-state index contributed by atoms with van der Waals surface area (Å²) in [5.74, 6) is -0.590. The van der Waals surface area contributed by atoms with Gasteiger partial charge in [-0.15, -0.1) is 0 Å². The Balaban J connectivity index is 1.15. The summed E-state index contributed by atoms with van der Waals surface area (Å²) in [5.41, 5.74) is 8.52. The van der Waals surface area contributed by atoms with E-state index in [0.29, 0.717) is 36.1 Å². The zero-order chi connectivity index (χ0) is 37.2. The first-order valence-electron chi connectivity index (χ1n) is 16.9. The third-order valence-corrected chi connectivity index (χ3v) is 10.3. The summed E-state index contributed by atoms with van der Waals surface area (Å²) in [4.78, 5) is 30.2. The molecule has 1 fully saturated rings. The smallest absolute Gasteiger partial charge is 0.317 e. The minimum absolute atomic E-state index is 0.178. The molecule has 0 bridgehead atoms. The molecule has 2 aromatic carbocycles. The molecule has 6 heterocycles. The van der Waals surface area contributed by atoms with E-state index in [2.05, 4.69) is 15.2 Å². The van der Waals surface area contributed by atoms with Gasteiger partial charge in [0.15, 0.2) is 23.2 Å². The standard InChI is InChI=1S/C36H38N4O13/c1-47-22-4-3-19-20-15-49-23-10-18(9-17(13-40-12-16-5-7-38-21(16)14-40)26(23)29(20)52-30(19)31(22)48-2)50-35-28(45)27(44)32(46)36(53-35)6-8-39-34(37)33(36)51-25(43)11-24(41)42/h3-10,14,20,27-29,32-35,39,44-46H,11-13,15,37H2,1-2H3,(H,41,42)/t20-,27+,28+,29+,32-,33+,34-,35+,36-/m0/s1. The number of carboxylic acid groups (broad SMARTS) is 1. The van der Waals surface area contributed by atoms with Crippen LogP contribution in [0.25, 0.3) is 0 Å². The third kappa shape index (κ3) is 5.80. The van der Waals surface area contributed by atoms with Gasteiger partial charge in [0.2, 0.25) is 12.0 Å². The van der Waals surface area contributed by atoms with Gasteiger partial charge in [-0.25, -0.2) is 0 Å². The van der Waals surface area contributed by atoms with E-state index in [4.69, 9.17) is 44.0 Å². The van der Waals surface area contributed by atoms with Crippen molar-refractivity contribution >= 4 is 18.2 Å². The topological polar surface area (TPSA) is 233 Å². The van der Waals surface area contributed by atoms with Crippen molar-refractivity contribution in [3.8, 4) is 28.7 Å². The van der Waals surface area contributed by atoms with Crippen LogP contribution in [0.1, 0.15) is 35.1 Å². The normalized spacial score (nSPS) is 31.5. The van der Waals surface area contributed by atoms with Crippen molar-refractivity contribution < 1.29 is 63.2 Å². The molecular formula is C36H38N4O13. The number of aliphatic hydroxyl groups excluding tert-OH is 3. The summed E-state index contributed by atoms with van der Waals surface area (Å²) >= 11 is 0. The molecule has 1 saturated heterocycles. The minimum Gasteiger partial charge on any atom is -0.493 e. The number of hydrogen-bond donors (Lipinski definition) is 6. The van der Waals surface area contributed by atoms with Gasteiger partial charge in [0.25, 0.3) is 0 Å². The molecule has 17 heteroatoms. The fourth-order valence-electron chi connectivity index (χ4n) is 7.78. The quantitative estimate of drug-likeness (QED) is 0.150. The molecule has 7 N–H and O–H groups in total. The Kier molecular flexibility index (Phi) is 8.69. The van der Waals surface area contributed by atoms with Crippen molar-refractivity contribution in [2.75, 3.05) is 27.4 Å². The molecule has 8 rings (SSSR count). The second-order valence-electron chi connectivity index (χ2n) is 13.4. The summed E-state index contributed by atoms with van der Waals surface area (Å²) in [6.07, 6.45) is -3.10. The molecule has 0 radical (unpaired) electrons. The number of nitrogens with two attached hydrogens (primary N) is 1. The van der Waals surface area contributed by atoms with E-state index < -0.39 is 66.9 Å². The second kappa shape index (κ2) is 13.3. The van der Waals surface area contributed by atoms with Gasteiger partial charge in [-0.1, -0.05) is 6.07 Å². The highest BCUT2D eigenvalue weighted by Crippen LogP contribution is 2.57. The SMILES string of the molecule is COc1ccc2c(c1OC)O[C@H]1c3c(CN4C=C5N=CC=C5C4)cc(O[C@@H]4O[C@@]5(C=CN[C@H](N)[C@H]5OC(=O)CC(=O)O)[C@@H](O)[C@H](O)[C@H]4O)cc3OC[C@@H]21. The maximum absolute atomic E-state index is 12.5. The molecule has 0 aliphatic carbocycles. The van der Waals surface area contributed by atoms with Gasteiger partial charge in [0.1, 0.15) is 48.5 Å². The fourth-order valence-corrected chi connectivity index (χ4v) is 7.78. The summed E-state index contributed by atoms with van der Waals surface area (Å²) in [6.45, 7) is 1.25. The molecule has 53 heavy (non-hydrogen) atoms. The highest BCUT2D eigenvalue weighted by molar-refractivity contribution is 5.90. The first-order valence-corrected chi connectivity index (χ1v) is 16.9. The van der Waals surface area contributed by atoms with E-state index in [9.17, 15) is 24.9 Å². The molecule has 9 atom stereocenters. The molecule has 0 aromatic heterocycles. The Morgan fingerprint density at radius 2 is 1.98 bits per heavy atom. The van der Waals surface area contributed by atoms with Crippen molar-refractivity contribution in [3.05, 3.63) is 76.8 Å². The van der Waals surface area contributed by atoms with Crippen LogP contribution in [0, 0.1) is 0 Å². The number of hydrogen-bond acceptors (Lipinski definition) is 16. The van der Waals surface area contributed by atoms with Gasteiger partial charge in [0.05, 0.1) is 32.4 Å². The Morgan fingerprint density at radius 3 is 2.74 bits per heavy atom. The largest absolute Gasteiger partial charge is 0.493 e. The van der Waals surface area contributed by atoms with Gasteiger partial charge in [-0.2, -0.15) is 0 Å². The van der Waals surface area contributed by atoms with E-state index in [1.54, 1.807) is 32.6 Å². The predicted molar refractivity (Wildman–Crippen MR) is 181 cm³/mol. The number of allylic oxidation sites excluding steroid dienone is 1. The predicted octanol–water partition coefficient (Wildman–Crippen LogP) is 0.326. The highest BCUT2D eigenvalue weighted by atomic mass is 16.7. The van der Waals surface area contributed by atoms with Crippen LogP contribution >= 0.6 is 0 Å². The van der Waals surface area contributed by atoms with E-state index in [1.165, 1.54) is 12.3 Å². The number of carbonyl (C=O) groups is 2. The van der Waals surface area contributed by atoms with Gasteiger partial charge >= 0.3 is 11.9 Å². The number of ether oxygens (including phenoxy) is 7. The first kappa shape index (κ1) is 34.7. The maximum Gasteiger partial charge on any atom is 0.317 e. The number of nitrogens with one attached hydrogen (secondary N) is 1. The van der Waals surface area contributed by atoms with Crippen LogP contribution in [0.2, 0.25) is 0 Å². The average Bonchev–Trinajstić information content (AvgIpc) is 3.84. The van der Waals surface area contributed by atoms with Crippen molar-refractivity contribution in [2.24, 2.45) is 10.7 Å². The van der Waals surface area contributed by atoms with Gasteiger partial charge < -0.3 is 69.5 Å². The highest BCUT2D eigenvalue weighted by Gasteiger charge is 2.61. The molecule has 6 aliphatic rings. The molecule has 6 aliphatic heterocycles. The molecule has 1 spiro atoms. The Bertz CT molecular complexity index is 1960. The summed E-state index contributed by atoms with van der Waals surface area (Å²) in [7, 11) is 3.11. The van der Waals surface area contributed by atoms with E-state index in [-0.39, 0.29) is 18.3 Å². The van der Waals surface area contributed by atoms with Crippen molar-refractivity contribution in [3.63, 3.8) is 0 Å². The van der Waals surface area contributed by atoms with Crippen molar-refractivity contribution in [1.29, 1.82) is 0 Å². The van der Waals surface area contributed by atoms with Crippen LogP contribution in [0.3, 0.4) is 0 Å². The lowest BCUT2D eigenvalue weighted by Gasteiger charge is -2.52.